The molecule has 0 fully saturated rings. The molecule has 8 aromatic carbocycles. The lowest BCUT2D eigenvalue weighted by atomic mass is 9.33. The third kappa shape index (κ3) is 6.39. The van der Waals surface area contributed by atoms with Crippen LogP contribution in [0, 0.1) is 13.8 Å². The van der Waals surface area contributed by atoms with Crippen LogP contribution in [0.1, 0.15) is 112 Å². The summed E-state index contributed by atoms with van der Waals surface area (Å²) >= 11 is 1.82. The molecule has 0 saturated heterocycles. The molecule has 3 heterocycles. The van der Waals surface area contributed by atoms with Gasteiger partial charge in [-0.2, -0.15) is 0 Å². The first-order valence-electron chi connectivity index (χ1n) is 26.8. The zero-order valence-electron chi connectivity index (χ0n) is 45.0. The quantitative estimate of drug-likeness (QED) is 0.159. The molecule has 346 valence electrons. The molecule has 4 aliphatic rings. The van der Waals surface area contributed by atoms with Gasteiger partial charge in [0.25, 0.3) is 6.71 Å². The highest BCUT2D eigenvalue weighted by atomic mass is 32.1. The summed E-state index contributed by atoms with van der Waals surface area (Å²) in [4.78, 5) is 7.23. The Morgan fingerprint density at radius 1 is 0.486 bits per heavy atom. The number of hydrogen-bond donors (Lipinski definition) is 0. The van der Waals surface area contributed by atoms with Gasteiger partial charge in [0.1, 0.15) is 0 Å². The molecule has 0 atom stereocenters. The summed E-state index contributed by atoms with van der Waals surface area (Å²) in [6.07, 6.45) is 3.26. The minimum absolute atomic E-state index is 0.0321. The second-order valence-electron chi connectivity index (χ2n) is 23.4. The van der Waals surface area contributed by atoms with Crippen LogP contribution in [0.5, 0.6) is 0 Å². The van der Waals surface area contributed by atoms with E-state index in [2.05, 4.69) is 223 Å². The standard InChI is InChI=1S/C65H62BN3S/c1-40-31-57-61-58(32-40)69(54-37-50-48(33-41(54)2)62(3,4)29-30-63(50,5)6)56-38-51-49(64(7,8)39-65(51,9)10)36-53(56)66(61)52-27-25-45(67(42-19-13-11-14-20-42)43-21-15-12-16-22-43)35-55(52)68(57)44-26-28-60-47(34-44)46-23-17-18-24-59(46)70-60/h11-28,31-38H,29-30,39H2,1-10H3/i1D3. The number of thiophene rings is 1. The van der Waals surface area contributed by atoms with E-state index in [0.717, 1.165) is 75.9 Å². The molecule has 0 spiro atoms. The van der Waals surface area contributed by atoms with Crippen LogP contribution in [0.4, 0.5) is 51.2 Å². The summed E-state index contributed by atoms with van der Waals surface area (Å²) in [5.41, 5.74) is 19.8. The predicted molar refractivity (Wildman–Crippen MR) is 303 cm³/mol. The first-order valence-corrected chi connectivity index (χ1v) is 26.1. The van der Waals surface area contributed by atoms with Crippen LogP contribution in [0.2, 0.25) is 0 Å². The van der Waals surface area contributed by atoms with Crippen molar-refractivity contribution >= 4 is 106 Å². The summed E-state index contributed by atoms with van der Waals surface area (Å²) in [7, 11) is 0. The van der Waals surface area contributed by atoms with Crippen LogP contribution >= 0.6 is 11.3 Å². The molecule has 70 heavy (non-hydrogen) atoms. The Morgan fingerprint density at radius 3 is 1.74 bits per heavy atom. The Balaban J connectivity index is 1.16. The van der Waals surface area contributed by atoms with E-state index in [0.29, 0.717) is 5.56 Å². The van der Waals surface area contributed by atoms with Crippen LogP contribution < -0.4 is 31.1 Å². The predicted octanol–water partition coefficient (Wildman–Crippen LogP) is 16.5. The zero-order chi connectivity index (χ0) is 50.7. The second-order valence-corrected chi connectivity index (χ2v) is 24.5. The number of benzene rings is 8. The van der Waals surface area contributed by atoms with Crippen molar-refractivity contribution in [3.63, 3.8) is 0 Å². The fourth-order valence-corrected chi connectivity index (χ4v) is 14.6. The Morgan fingerprint density at radius 2 is 1.06 bits per heavy atom. The molecule has 0 bridgehead atoms. The number of aryl methyl sites for hydroxylation is 2. The van der Waals surface area contributed by atoms with Crippen LogP contribution in [0.25, 0.3) is 20.2 Å². The van der Waals surface area contributed by atoms with Gasteiger partial charge in [-0.15, -0.1) is 11.3 Å². The second kappa shape index (κ2) is 15.0. The van der Waals surface area contributed by atoms with E-state index in [1.54, 1.807) is 0 Å². The topological polar surface area (TPSA) is 9.72 Å². The van der Waals surface area contributed by atoms with Gasteiger partial charge in [0.15, 0.2) is 0 Å². The Labute approximate surface area is 423 Å². The third-order valence-corrected chi connectivity index (χ3v) is 18.0. The van der Waals surface area contributed by atoms with Gasteiger partial charge >= 0.3 is 0 Å². The number of rotatable bonds is 5. The van der Waals surface area contributed by atoms with Gasteiger partial charge in [-0.05, 0) is 189 Å². The molecule has 0 saturated carbocycles. The molecule has 0 amide bonds. The summed E-state index contributed by atoms with van der Waals surface area (Å²) in [6, 6.07) is 57.9. The fourth-order valence-electron chi connectivity index (χ4n) is 13.5. The third-order valence-electron chi connectivity index (χ3n) is 16.8. The Bertz CT molecular complexity index is 3720. The van der Waals surface area contributed by atoms with Crippen LogP contribution in [0.3, 0.4) is 0 Å². The van der Waals surface area contributed by atoms with E-state index in [1.165, 1.54) is 58.9 Å². The van der Waals surface area contributed by atoms with Crippen molar-refractivity contribution in [2.75, 3.05) is 14.7 Å². The highest BCUT2D eigenvalue weighted by Crippen LogP contribution is 2.55. The minimum Gasteiger partial charge on any atom is -0.311 e. The summed E-state index contributed by atoms with van der Waals surface area (Å²) in [5.74, 6) is 0. The van der Waals surface area contributed by atoms with Crippen molar-refractivity contribution in [1.82, 2.24) is 0 Å². The first kappa shape index (κ1) is 40.2. The number of para-hydroxylation sites is 2. The zero-order valence-corrected chi connectivity index (χ0v) is 42.8. The molecule has 13 rings (SSSR count). The van der Waals surface area contributed by atoms with E-state index >= 15 is 0 Å². The maximum absolute atomic E-state index is 9.27. The lowest BCUT2D eigenvalue weighted by molar-refractivity contribution is 0.332. The van der Waals surface area contributed by atoms with E-state index < -0.39 is 6.85 Å². The molecule has 2 aliphatic carbocycles. The van der Waals surface area contributed by atoms with E-state index in [-0.39, 0.29) is 28.4 Å². The van der Waals surface area contributed by atoms with Crippen molar-refractivity contribution < 1.29 is 4.11 Å². The van der Waals surface area contributed by atoms with Crippen molar-refractivity contribution in [1.29, 1.82) is 0 Å². The maximum Gasteiger partial charge on any atom is 0.252 e. The van der Waals surface area contributed by atoms with Gasteiger partial charge in [-0.3, -0.25) is 0 Å². The van der Waals surface area contributed by atoms with Gasteiger partial charge in [0.2, 0.25) is 0 Å². The summed E-state index contributed by atoms with van der Waals surface area (Å²) in [5, 5.41) is 2.41. The van der Waals surface area contributed by atoms with Gasteiger partial charge in [0.05, 0.1) is 0 Å². The van der Waals surface area contributed by atoms with Crippen LogP contribution in [-0.4, -0.2) is 6.71 Å². The molecular weight excluding hydrogens is 866 g/mol. The van der Waals surface area contributed by atoms with Gasteiger partial charge in [0, 0.05) is 75.5 Å². The highest BCUT2D eigenvalue weighted by molar-refractivity contribution is 7.25. The molecule has 2 aliphatic heterocycles. The molecule has 5 heteroatoms. The first-order chi connectivity index (χ1) is 34.7. The Hall–Kier alpha value is -6.56. The molecule has 0 unspecified atom stereocenters. The van der Waals surface area contributed by atoms with E-state index in [4.69, 9.17) is 0 Å². The van der Waals surface area contributed by atoms with Crippen molar-refractivity contribution in [3.8, 4) is 0 Å². The number of hydrogen-bond acceptors (Lipinski definition) is 4. The Kier molecular flexibility index (Phi) is 8.60. The molecule has 0 radical (unpaired) electrons. The van der Waals surface area contributed by atoms with Crippen molar-refractivity contribution in [3.05, 3.63) is 191 Å². The smallest absolute Gasteiger partial charge is 0.252 e. The normalized spacial score (nSPS) is 18.3. The molecule has 9 aromatic rings. The highest BCUT2D eigenvalue weighted by Gasteiger charge is 2.49. The number of fused-ring (bicyclic) bond motifs is 9. The van der Waals surface area contributed by atoms with Crippen molar-refractivity contribution in [2.45, 2.75) is 110 Å². The lowest BCUT2D eigenvalue weighted by Crippen LogP contribution is -2.61. The molecule has 3 nitrogen and oxygen atoms in total. The molecule has 1 aromatic heterocycles. The molecular formula is C65H62BN3S. The van der Waals surface area contributed by atoms with Gasteiger partial charge < -0.3 is 14.7 Å². The largest absolute Gasteiger partial charge is 0.311 e. The lowest BCUT2D eigenvalue weighted by Gasteiger charge is -2.46. The van der Waals surface area contributed by atoms with Crippen molar-refractivity contribution in [2.24, 2.45) is 0 Å². The van der Waals surface area contributed by atoms with Gasteiger partial charge in [-0.1, -0.05) is 128 Å². The minimum atomic E-state index is -2.40. The van der Waals surface area contributed by atoms with E-state index in [9.17, 15) is 4.11 Å². The average Bonchev–Trinajstić information content (AvgIpc) is 3.81. The molecule has 0 N–H and O–H groups in total. The monoisotopic (exact) mass is 930 g/mol. The van der Waals surface area contributed by atoms with E-state index in [1.807, 2.05) is 23.5 Å². The SMILES string of the molecule is [2H]C([2H])([2H])c1cc2c3c(c1)N(c1cc4c(cc1C)C(C)(C)CCC4(C)C)c1cc4c(cc1B3c1ccc(N(c3ccccc3)c3ccccc3)cc1N2c1ccc2sc3ccccc3c2c1)C(C)(C)CC4(C)C. The van der Waals surface area contributed by atoms with Gasteiger partial charge in [-0.25, -0.2) is 0 Å². The summed E-state index contributed by atoms with van der Waals surface area (Å²) in [6.45, 7) is 18.9. The maximum atomic E-state index is 9.27. The van der Waals surface area contributed by atoms with Crippen LogP contribution in [0.15, 0.2) is 158 Å². The number of nitrogens with zero attached hydrogens (tertiary/aromatic N) is 3. The number of anilines is 9. The average molecular weight is 931 g/mol. The van der Waals surface area contributed by atoms with Crippen LogP contribution in [-0.2, 0) is 21.7 Å². The summed E-state index contributed by atoms with van der Waals surface area (Å²) < 4.78 is 30.3. The fraction of sp³-hybridized carbons (Fsp3) is 0.262.